The van der Waals surface area contributed by atoms with Gasteiger partial charge in [-0.25, -0.2) is 0 Å². The maximum Gasteiger partial charge on any atom is 0.296 e. The largest absolute Gasteiger partial charge is 0.361 e. The molecule has 0 bridgehead atoms. The summed E-state index contributed by atoms with van der Waals surface area (Å²) >= 11 is 0. The van der Waals surface area contributed by atoms with Crippen LogP contribution in [0.1, 0.15) is 0 Å². The van der Waals surface area contributed by atoms with Crippen molar-refractivity contribution < 1.29 is 4.92 Å². The monoisotopic (exact) mass is 281 g/mol. The van der Waals surface area contributed by atoms with E-state index in [1.807, 2.05) is 24.5 Å². The van der Waals surface area contributed by atoms with Crippen LogP contribution in [0.25, 0.3) is 21.8 Å². The second kappa shape index (κ2) is 5.41. The molecule has 0 amide bonds. The van der Waals surface area contributed by atoms with Gasteiger partial charge in [-0.15, -0.1) is 0 Å². The number of pyridine rings is 2. The summed E-state index contributed by atoms with van der Waals surface area (Å²) in [6.45, 7) is 0. The zero-order valence-electron chi connectivity index (χ0n) is 10.9. The maximum atomic E-state index is 10.4. The van der Waals surface area contributed by atoms with E-state index < -0.39 is 4.92 Å². The predicted octanol–water partition coefficient (Wildman–Crippen LogP) is 3.03. The average Bonchev–Trinajstić information content (AvgIpc) is 3.14. The number of nitrogens with one attached hydrogen (secondary N) is 2. The second-order valence-electron chi connectivity index (χ2n) is 4.29. The van der Waals surface area contributed by atoms with Crippen molar-refractivity contribution in [1.82, 2.24) is 19.9 Å². The first-order valence-corrected chi connectivity index (χ1v) is 6.18. The molecule has 2 N–H and O–H groups in total. The van der Waals surface area contributed by atoms with Gasteiger partial charge in [-0.3, -0.25) is 20.1 Å². The molecule has 0 atom stereocenters. The lowest BCUT2D eigenvalue weighted by atomic mass is 10.3. The molecule has 0 aliphatic carbocycles. The Labute approximate surface area is 118 Å². The van der Waals surface area contributed by atoms with Gasteiger partial charge in [0.2, 0.25) is 0 Å². The molecule has 0 saturated heterocycles. The van der Waals surface area contributed by atoms with Crippen molar-refractivity contribution in [1.29, 1.82) is 0 Å². The Morgan fingerprint density at radius 2 is 1.76 bits per heavy atom. The molecule has 4 aromatic heterocycles. The van der Waals surface area contributed by atoms with Crippen LogP contribution in [0.2, 0.25) is 0 Å². The van der Waals surface area contributed by atoms with Crippen LogP contribution in [0.4, 0.5) is 5.69 Å². The molecule has 21 heavy (non-hydrogen) atoms. The molecule has 0 radical (unpaired) electrons. The van der Waals surface area contributed by atoms with Crippen molar-refractivity contribution in [3.63, 3.8) is 0 Å². The molecule has 4 rings (SSSR count). The fourth-order valence-electron chi connectivity index (χ4n) is 1.99. The molecule has 0 aliphatic rings. The smallest absolute Gasteiger partial charge is 0.296 e. The van der Waals surface area contributed by atoms with Crippen LogP contribution in [0.15, 0.2) is 55.4 Å². The van der Waals surface area contributed by atoms with Crippen LogP contribution in [0.3, 0.4) is 0 Å². The number of aromatic nitrogens is 4. The molecule has 4 aromatic rings. The quantitative estimate of drug-likeness (QED) is 0.413. The molecule has 7 nitrogen and oxygen atoms in total. The van der Waals surface area contributed by atoms with E-state index in [9.17, 15) is 10.1 Å². The molecule has 0 fully saturated rings. The van der Waals surface area contributed by atoms with E-state index in [1.54, 1.807) is 18.5 Å². The molecular formula is C14H11N5O2. The Hall–Kier alpha value is -3.22. The van der Waals surface area contributed by atoms with Gasteiger partial charge in [-0.2, -0.15) is 0 Å². The number of H-pyrrole nitrogens is 2. The summed E-state index contributed by atoms with van der Waals surface area (Å²) in [5, 5.41) is 12.1. The van der Waals surface area contributed by atoms with Crippen molar-refractivity contribution >= 4 is 27.5 Å². The van der Waals surface area contributed by atoms with Gasteiger partial charge in [0.1, 0.15) is 0 Å². The zero-order valence-corrected chi connectivity index (χ0v) is 10.9. The summed E-state index contributed by atoms with van der Waals surface area (Å²) in [5.41, 5.74) is 1.94. The fourth-order valence-corrected chi connectivity index (χ4v) is 1.99. The van der Waals surface area contributed by atoms with E-state index in [-0.39, 0.29) is 5.69 Å². The lowest BCUT2D eigenvalue weighted by molar-refractivity contribution is -0.383. The van der Waals surface area contributed by atoms with E-state index in [0.717, 1.165) is 16.4 Å². The normalized spacial score (nSPS) is 10.3. The Morgan fingerprint density at radius 3 is 2.52 bits per heavy atom. The van der Waals surface area contributed by atoms with Gasteiger partial charge >= 0.3 is 0 Å². The molecule has 0 spiro atoms. The van der Waals surface area contributed by atoms with Gasteiger partial charge in [0, 0.05) is 41.9 Å². The van der Waals surface area contributed by atoms with Crippen molar-refractivity contribution in [2.75, 3.05) is 0 Å². The van der Waals surface area contributed by atoms with Crippen LogP contribution >= 0.6 is 0 Å². The molecule has 0 aromatic carbocycles. The minimum atomic E-state index is -0.430. The van der Waals surface area contributed by atoms with Crippen LogP contribution in [-0.4, -0.2) is 24.9 Å². The summed E-state index contributed by atoms with van der Waals surface area (Å²) in [6.07, 6.45) is 9.95. The molecular weight excluding hydrogens is 270 g/mol. The summed E-state index contributed by atoms with van der Waals surface area (Å²) in [7, 11) is 0. The van der Waals surface area contributed by atoms with Gasteiger partial charge in [0.25, 0.3) is 5.69 Å². The van der Waals surface area contributed by atoms with E-state index in [4.69, 9.17) is 0 Å². The number of nitro groups is 1. The summed E-state index contributed by atoms with van der Waals surface area (Å²) < 4.78 is 0. The summed E-state index contributed by atoms with van der Waals surface area (Å²) in [6, 6.07) is 5.65. The third-order valence-corrected chi connectivity index (χ3v) is 3.01. The van der Waals surface area contributed by atoms with Crippen molar-refractivity contribution in [2.24, 2.45) is 0 Å². The van der Waals surface area contributed by atoms with Crippen LogP contribution < -0.4 is 0 Å². The van der Waals surface area contributed by atoms with Gasteiger partial charge in [0.15, 0.2) is 0 Å². The topological polar surface area (TPSA) is 100 Å². The molecule has 4 heterocycles. The van der Waals surface area contributed by atoms with Gasteiger partial charge in [0.05, 0.1) is 22.0 Å². The molecule has 7 heteroatoms. The van der Waals surface area contributed by atoms with E-state index in [0.29, 0.717) is 5.39 Å². The van der Waals surface area contributed by atoms with Crippen LogP contribution in [0, 0.1) is 10.1 Å². The lowest BCUT2D eigenvalue weighted by Gasteiger charge is -1.86. The molecule has 0 aliphatic heterocycles. The first-order valence-electron chi connectivity index (χ1n) is 6.18. The number of hydrogen-bond acceptors (Lipinski definition) is 4. The Morgan fingerprint density at radius 1 is 1.00 bits per heavy atom. The first kappa shape index (κ1) is 12.8. The summed E-state index contributed by atoms with van der Waals surface area (Å²) in [4.78, 5) is 23.6. The van der Waals surface area contributed by atoms with Crippen molar-refractivity contribution in [2.45, 2.75) is 0 Å². The van der Waals surface area contributed by atoms with E-state index >= 15 is 0 Å². The highest BCUT2D eigenvalue weighted by molar-refractivity contribution is 5.87. The highest BCUT2D eigenvalue weighted by atomic mass is 16.6. The number of aromatic amines is 2. The van der Waals surface area contributed by atoms with Gasteiger partial charge < -0.3 is 9.97 Å². The standard InChI is InChI=1S/C7H5N3O2.C7H6N2/c11-10(12)7-4-9-6-1-2-8-3-5(6)7;1-4-9-7-2-3-8-5-6(1)7/h1-4,9H;1-5,9H. The minimum Gasteiger partial charge on any atom is -0.361 e. The SMILES string of the molecule is O=[N+]([O-])c1c[nH]c2ccncc12.c1cc2[nH]ccc2cn1. The first-order chi connectivity index (χ1) is 10.3. The van der Waals surface area contributed by atoms with Crippen LogP contribution in [0.5, 0.6) is 0 Å². The number of nitrogens with zero attached hydrogens (tertiary/aromatic N) is 3. The Bertz CT molecular complexity index is 866. The molecule has 0 saturated carbocycles. The maximum absolute atomic E-state index is 10.4. The highest BCUT2D eigenvalue weighted by Crippen LogP contribution is 2.22. The number of fused-ring (bicyclic) bond motifs is 2. The van der Waals surface area contributed by atoms with Gasteiger partial charge in [-0.1, -0.05) is 0 Å². The fraction of sp³-hybridized carbons (Fsp3) is 0. The predicted molar refractivity (Wildman–Crippen MR) is 78.8 cm³/mol. The number of rotatable bonds is 1. The van der Waals surface area contributed by atoms with E-state index in [1.165, 1.54) is 12.4 Å². The minimum absolute atomic E-state index is 0.0677. The number of hydrogen-bond donors (Lipinski definition) is 2. The van der Waals surface area contributed by atoms with Crippen molar-refractivity contribution in [3.8, 4) is 0 Å². The molecule has 0 unspecified atom stereocenters. The van der Waals surface area contributed by atoms with Crippen LogP contribution in [-0.2, 0) is 0 Å². The summed E-state index contributed by atoms with van der Waals surface area (Å²) in [5.74, 6) is 0. The third-order valence-electron chi connectivity index (χ3n) is 3.01. The Balaban J connectivity index is 0.000000131. The molecule has 104 valence electrons. The van der Waals surface area contributed by atoms with E-state index in [2.05, 4.69) is 19.9 Å². The van der Waals surface area contributed by atoms with Gasteiger partial charge in [-0.05, 0) is 18.2 Å². The van der Waals surface area contributed by atoms with Crippen molar-refractivity contribution in [3.05, 3.63) is 65.5 Å². The highest BCUT2D eigenvalue weighted by Gasteiger charge is 2.12. The third kappa shape index (κ3) is 2.57. The lowest BCUT2D eigenvalue weighted by Crippen LogP contribution is -1.84. The zero-order chi connectivity index (χ0) is 14.7. The average molecular weight is 281 g/mol. The second-order valence-corrected chi connectivity index (χ2v) is 4.29. The Kier molecular flexibility index (Phi) is 3.30.